The Morgan fingerprint density at radius 2 is 2.05 bits per heavy atom. The molecule has 3 rings (SSSR count). The van der Waals surface area contributed by atoms with Crippen LogP contribution in [0.4, 0.5) is 5.69 Å². The predicted octanol–water partition coefficient (Wildman–Crippen LogP) is 2.72. The lowest BCUT2D eigenvalue weighted by atomic mass is 10.3. The average Bonchev–Trinajstić information content (AvgIpc) is 3.15. The minimum Gasteiger partial charge on any atom is -0.363 e. The highest BCUT2D eigenvalue weighted by Gasteiger charge is 2.21. The first-order valence-corrected chi connectivity index (χ1v) is 8.59. The standard InChI is InChI=1S/C14H16ClN3O2S/c15-13-3-1-2-4-14(13)18-21(19,20)12-7-11(17-9-12)8-16-10-5-6-10/h1-4,7,9-10,16-18H,5-6,8H2. The van der Waals surface area contributed by atoms with Gasteiger partial charge in [-0.1, -0.05) is 23.7 Å². The lowest BCUT2D eigenvalue weighted by Crippen LogP contribution is -2.15. The second-order valence-corrected chi connectivity index (χ2v) is 7.19. The zero-order chi connectivity index (χ0) is 14.9. The van der Waals surface area contributed by atoms with E-state index in [1.54, 1.807) is 30.3 Å². The van der Waals surface area contributed by atoms with E-state index in [9.17, 15) is 8.42 Å². The monoisotopic (exact) mass is 325 g/mol. The Balaban J connectivity index is 1.73. The lowest BCUT2D eigenvalue weighted by molar-refractivity contribution is 0.601. The van der Waals surface area contributed by atoms with Gasteiger partial charge in [-0.25, -0.2) is 8.42 Å². The van der Waals surface area contributed by atoms with Crippen LogP contribution in [0.25, 0.3) is 0 Å². The number of sulfonamides is 1. The van der Waals surface area contributed by atoms with E-state index in [4.69, 9.17) is 11.6 Å². The molecule has 1 fully saturated rings. The summed E-state index contributed by atoms with van der Waals surface area (Å²) in [6, 6.07) is 8.96. The highest BCUT2D eigenvalue weighted by molar-refractivity contribution is 7.92. The highest BCUT2D eigenvalue weighted by Crippen LogP contribution is 2.24. The molecule has 0 bridgehead atoms. The third kappa shape index (κ3) is 3.58. The molecule has 0 radical (unpaired) electrons. The number of benzene rings is 1. The minimum absolute atomic E-state index is 0.204. The van der Waals surface area contributed by atoms with Gasteiger partial charge in [0.05, 0.1) is 10.7 Å². The van der Waals surface area contributed by atoms with E-state index in [0.29, 0.717) is 23.3 Å². The molecule has 1 aliphatic rings. The van der Waals surface area contributed by atoms with Gasteiger partial charge in [0.2, 0.25) is 0 Å². The molecule has 1 aliphatic carbocycles. The first-order chi connectivity index (χ1) is 10.0. The second kappa shape index (κ2) is 5.71. The van der Waals surface area contributed by atoms with Gasteiger partial charge in [0, 0.05) is 24.5 Å². The zero-order valence-corrected chi connectivity index (χ0v) is 12.8. The van der Waals surface area contributed by atoms with Gasteiger partial charge >= 0.3 is 0 Å². The molecule has 2 aromatic rings. The zero-order valence-electron chi connectivity index (χ0n) is 11.3. The summed E-state index contributed by atoms with van der Waals surface area (Å²) in [5.41, 5.74) is 1.22. The molecule has 5 nitrogen and oxygen atoms in total. The molecule has 21 heavy (non-hydrogen) atoms. The van der Waals surface area contributed by atoms with Crippen LogP contribution >= 0.6 is 11.6 Å². The van der Waals surface area contributed by atoms with Crippen molar-refractivity contribution in [1.29, 1.82) is 0 Å². The summed E-state index contributed by atoms with van der Waals surface area (Å²) in [5.74, 6) is 0. The van der Waals surface area contributed by atoms with Gasteiger partial charge in [-0.05, 0) is 31.0 Å². The Morgan fingerprint density at radius 3 is 2.76 bits per heavy atom. The van der Waals surface area contributed by atoms with Crippen LogP contribution in [0.15, 0.2) is 41.4 Å². The number of rotatable bonds is 6. The summed E-state index contributed by atoms with van der Waals surface area (Å²) >= 11 is 5.97. The topological polar surface area (TPSA) is 74.0 Å². The molecule has 112 valence electrons. The van der Waals surface area contributed by atoms with Gasteiger partial charge in [-0.3, -0.25) is 4.72 Å². The fourth-order valence-corrected chi connectivity index (χ4v) is 3.30. The van der Waals surface area contributed by atoms with Crippen LogP contribution in [0.3, 0.4) is 0 Å². The second-order valence-electron chi connectivity index (χ2n) is 5.10. The molecule has 0 unspecified atom stereocenters. The van der Waals surface area contributed by atoms with Crippen LogP contribution < -0.4 is 10.0 Å². The van der Waals surface area contributed by atoms with Crippen molar-refractivity contribution < 1.29 is 8.42 Å². The maximum Gasteiger partial charge on any atom is 0.263 e. The number of hydrogen-bond acceptors (Lipinski definition) is 3. The molecule has 3 N–H and O–H groups in total. The van der Waals surface area contributed by atoms with E-state index >= 15 is 0 Å². The van der Waals surface area contributed by atoms with E-state index in [2.05, 4.69) is 15.0 Å². The van der Waals surface area contributed by atoms with E-state index in [-0.39, 0.29) is 4.90 Å². The molecule has 7 heteroatoms. The fourth-order valence-electron chi connectivity index (χ4n) is 1.97. The number of hydrogen-bond donors (Lipinski definition) is 3. The Labute approximate surface area is 128 Å². The summed E-state index contributed by atoms with van der Waals surface area (Å²) < 4.78 is 27.1. The normalized spacial score (nSPS) is 15.1. The summed E-state index contributed by atoms with van der Waals surface area (Å²) in [4.78, 5) is 3.18. The van der Waals surface area contributed by atoms with Crippen molar-refractivity contribution in [2.24, 2.45) is 0 Å². The number of anilines is 1. The molecule has 0 atom stereocenters. The van der Waals surface area contributed by atoms with Crippen LogP contribution in [-0.4, -0.2) is 19.4 Å². The van der Waals surface area contributed by atoms with Crippen molar-refractivity contribution in [1.82, 2.24) is 10.3 Å². The molecule has 1 aromatic heterocycles. The molecular formula is C14H16ClN3O2S. The van der Waals surface area contributed by atoms with Crippen molar-refractivity contribution in [3.05, 3.63) is 47.2 Å². The van der Waals surface area contributed by atoms with Crippen LogP contribution in [0, 0.1) is 0 Å². The Hall–Kier alpha value is -1.50. The Kier molecular flexibility index (Phi) is 3.93. The van der Waals surface area contributed by atoms with Gasteiger partial charge in [0.15, 0.2) is 0 Å². The molecular weight excluding hydrogens is 310 g/mol. The van der Waals surface area contributed by atoms with Crippen LogP contribution in [0.5, 0.6) is 0 Å². The third-order valence-corrected chi connectivity index (χ3v) is 4.98. The Morgan fingerprint density at radius 1 is 1.29 bits per heavy atom. The van der Waals surface area contributed by atoms with E-state index in [1.807, 2.05) is 0 Å². The third-order valence-electron chi connectivity index (χ3n) is 3.30. The fraction of sp³-hybridized carbons (Fsp3) is 0.286. The average molecular weight is 326 g/mol. The molecule has 0 saturated heterocycles. The molecule has 0 aliphatic heterocycles. The van der Waals surface area contributed by atoms with Crippen molar-refractivity contribution in [3.63, 3.8) is 0 Å². The minimum atomic E-state index is -3.63. The predicted molar refractivity (Wildman–Crippen MR) is 82.9 cm³/mol. The van der Waals surface area contributed by atoms with Crippen molar-refractivity contribution in [3.8, 4) is 0 Å². The van der Waals surface area contributed by atoms with Crippen molar-refractivity contribution in [2.75, 3.05) is 4.72 Å². The van der Waals surface area contributed by atoms with Crippen LogP contribution in [0.2, 0.25) is 5.02 Å². The number of halogens is 1. The number of aromatic amines is 1. The van der Waals surface area contributed by atoms with Gasteiger partial charge in [0.25, 0.3) is 10.0 Å². The number of nitrogens with one attached hydrogen (secondary N) is 3. The Bertz CT molecular complexity index is 738. The molecule has 0 spiro atoms. The van der Waals surface area contributed by atoms with Crippen molar-refractivity contribution >= 4 is 27.3 Å². The quantitative estimate of drug-likeness (QED) is 0.764. The van der Waals surface area contributed by atoms with Crippen LogP contribution in [0.1, 0.15) is 18.5 Å². The number of H-pyrrole nitrogens is 1. The van der Waals surface area contributed by atoms with Gasteiger partial charge in [-0.2, -0.15) is 0 Å². The molecule has 1 aromatic carbocycles. The lowest BCUT2D eigenvalue weighted by Gasteiger charge is -2.07. The van der Waals surface area contributed by atoms with Crippen LogP contribution in [-0.2, 0) is 16.6 Å². The first kappa shape index (κ1) is 14.4. The maximum atomic E-state index is 12.3. The van der Waals surface area contributed by atoms with Gasteiger partial charge in [0.1, 0.15) is 4.90 Å². The van der Waals surface area contributed by atoms with E-state index in [0.717, 1.165) is 5.69 Å². The van der Waals surface area contributed by atoms with E-state index in [1.165, 1.54) is 19.0 Å². The smallest absolute Gasteiger partial charge is 0.263 e. The van der Waals surface area contributed by atoms with Crippen molar-refractivity contribution in [2.45, 2.75) is 30.3 Å². The summed E-state index contributed by atoms with van der Waals surface area (Å²) in [7, 11) is -3.63. The summed E-state index contributed by atoms with van der Waals surface area (Å²) in [6.45, 7) is 0.645. The maximum absolute atomic E-state index is 12.3. The molecule has 0 amide bonds. The molecule has 1 heterocycles. The summed E-state index contributed by atoms with van der Waals surface area (Å²) in [5, 5.41) is 3.70. The SMILES string of the molecule is O=S(=O)(Nc1ccccc1Cl)c1c[nH]c(CNC2CC2)c1. The number of aromatic nitrogens is 1. The largest absolute Gasteiger partial charge is 0.363 e. The van der Waals surface area contributed by atoms with Gasteiger partial charge in [-0.15, -0.1) is 0 Å². The highest BCUT2D eigenvalue weighted by atomic mass is 35.5. The first-order valence-electron chi connectivity index (χ1n) is 6.72. The molecule has 1 saturated carbocycles. The van der Waals surface area contributed by atoms with E-state index < -0.39 is 10.0 Å². The van der Waals surface area contributed by atoms with Gasteiger partial charge < -0.3 is 10.3 Å². The number of para-hydroxylation sites is 1. The summed E-state index contributed by atoms with van der Waals surface area (Å²) in [6.07, 6.45) is 3.88.